The molecular weight excluding hydrogens is 463 g/mol. The predicted octanol–water partition coefficient (Wildman–Crippen LogP) is 5.97. The van der Waals surface area contributed by atoms with Gasteiger partial charge in [-0.2, -0.15) is 13.2 Å². The number of hydrogen-bond acceptors (Lipinski definition) is 2. The average Bonchev–Trinajstić information content (AvgIpc) is 3.39. The zero-order chi connectivity index (χ0) is 25.5. The molecule has 3 aromatic rings. The first kappa shape index (κ1) is 24.1. The van der Waals surface area contributed by atoms with Crippen molar-refractivity contribution in [3.63, 3.8) is 0 Å². The van der Waals surface area contributed by atoms with E-state index in [2.05, 4.69) is 28.1 Å². The van der Waals surface area contributed by atoms with Crippen LogP contribution in [0.4, 0.5) is 18.9 Å². The first-order valence-electron chi connectivity index (χ1n) is 12.2. The van der Waals surface area contributed by atoms with E-state index in [9.17, 15) is 18.0 Å². The molecule has 2 aromatic carbocycles. The Morgan fingerprint density at radius 1 is 1.25 bits per heavy atom. The number of rotatable bonds is 7. The van der Waals surface area contributed by atoms with Crippen LogP contribution in [0.3, 0.4) is 0 Å². The molecule has 2 aliphatic carbocycles. The molecule has 0 saturated carbocycles. The highest BCUT2D eigenvalue weighted by Gasteiger charge is 2.52. The van der Waals surface area contributed by atoms with E-state index in [4.69, 9.17) is 5.73 Å². The Labute approximate surface area is 208 Å². The number of carbonyl (C=O) groups excluding carboxylic acids is 1. The molecule has 36 heavy (non-hydrogen) atoms. The van der Waals surface area contributed by atoms with Crippen molar-refractivity contribution in [1.82, 2.24) is 9.88 Å². The van der Waals surface area contributed by atoms with E-state index in [0.29, 0.717) is 24.9 Å². The summed E-state index contributed by atoms with van der Waals surface area (Å²) < 4.78 is 41.4. The van der Waals surface area contributed by atoms with Crippen LogP contribution in [0.25, 0.3) is 16.5 Å². The van der Waals surface area contributed by atoms with Gasteiger partial charge in [0.25, 0.3) is 0 Å². The van der Waals surface area contributed by atoms with Crippen LogP contribution < -0.4 is 11.1 Å². The Bertz CT molecular complexity index is 1370. The van der Waals surface area contributed by atoms with E-state index < -0.39 is 24.0 Å². The highest BCUT2D eigenvalue weighted by atomic mass is 19.4. The Balaban J connectivity index is 1.45. The third kappa shape index (κ3) is 4.05. The van der Waals surface area contributed by atoms with E-state index in [-0.39, 0.29) is 5.92 Å². The average molecular weight is 492 g/mol. The predicted molar refractivity (Wildman–Crippen MR) is 135 cm³/mol. The molecule has 2 atom stereocenters. The molecule has 3 N–H and O–H groups in total. The van der Waals surface area contributed by atoms with Gasteiger partial charge in [-0.15, -0.1) is 0 Å². The standard InChI is InChI=1S/C29H28F3N3O/c1-19-8-6-10-21-20-9-2-3-11-23(20)28(26(19)21,27(36)34-18-29(30,31)32)15-4-5-16-35-17-14-22-24(33)12-7-13-25(22)35/h2,6-7,9-10,12-14,17,19H,4-5,8,15-16,18,33H2,1H3,(H,34,36). The van der Waals surface area contributed by atoms with Gasteiger partial charge >= 0.3 is 6.18 Å². The zero-order valence-electron chi connectivity index (χ0n) is 20.1. The normalized spacial score (nSPS) is 20.8. The molecule has 0 bridgehead atoms. The number of anilines is 1. The van der Waals surface area contributed by atoms with Gasteiger partial charge < -0.3 is 15.6 Å². The Morgan fingerprint density at radius 3 is 2.89 bits per heavy atom. The van der Waals surface area contributed by atoms with Crippen LogP contribution in [0.1, 0.15) is 43.7 Å². The van der Waals surface area contributed by atoms with Crippen molar-refractivity contribution in [2.24, 2.45) is 5.92 Å². The smallest absolute Gasteiger partial charge is 0.398 e. The molecule has 5 rings (SSSR count). The van der Waals surface area contributed by atoms with Crippen molar-refractivity contribution < 1.29 is 18.0 Å². The highest BCUT2D eigenvalue weighted by Crippen LogP contribution is 2.54. The van der Waals surface area contributed by atoms with Crippen LogP contribution in [-0.4, -0.2) is 23.2 Å². The van der Waals surface area contributed by atoms with Crippen molar-refractivity contribution in [3.8, 4) is 0 Å². The number of halogens is 3. The van der Waals surface area contributed by atoms with Crippen molar-refractivity contribution in [2.75, 3.05) is 12.3 Å². The number of nitrogens with one attached hydrogen (secondary N) is 1. The molecule has 1 heterocycles. The fourth-order valence-corrected chi connectivity index (χ4v) is 5.89. The number of amides is 1. The number of benzene rings is 1. The third-order valence-corrected chi connectivity index (χ3v) is 7.42. The van der Waals surface area contributed by atoms with Gasteiger partial charge in [0.15, 0.2) is 0 Å². The molecule has 0 spiro atoms. The summed E-state index contributed by atoms with van der Waals surface area (Å²) >= 11 is 0. The number of nitrogens with zero attached hydrogens (tertiary/aromatic N) is 1. The number of carbonyl (C=O) groups is 1. The quantitative estimate of drug-likeness (QED) is 0.316. The lowest BCUT2D eigenvalue weighted by atomic mass is 9.68. The maximum Gasteiger partial charge on any atom is 0.405 e. The second-order valence-corrected chi connectivity index (χ2v) is 9.71. The summed E-state index contributed by atoms with van der Waals surface area (Å²) in [7, 11) is 0. The summed E-state index contributed by atoms with van der Waals surface area (Å²) in [5.74, 6) is -0.581. The summed E-state index contributed by atoms with van der Waals surface area (Å²) in [6.45, 7) is 1.39. The topological polar surface area (TPSA) is 60.0 Å². The van der Waals surface area contributed by atoms with Gasteiger partial charge in [0.2, 0.25) is 5.91 Å². The van der Waals surface area contributed by atoms with Gasteiger partial charge in [-0.05, 0) is 78.6 Å². The van der Waals surface area contributed by atoms with E-state index in [1.807, 2.05) is 49.5 Å². The number of nitrogen functional groups attached to an aromatic ring is 1. The number of allylic oxidation sites excluding steroid dienone is 3. The molecule has 1 amide bonds. The van der Waals surface area contributed by atoms with Crippen LogP contribution in [0, 0.1) is 18.1 Å². The van der Waals surface area contributed by atoms with Gasteiger partial charge in [0.1, 0.15) is 12.0 Å². The minimum Gasteiger partial charge on any atom is -0.398 e. The number of hydrogen-bond donors (Lipinski definition) is 2. The fourth-order valence-electron chi connectivity index (χ4n) is 5.89. The minimum absolute atomic E-state index is 0.0267. The molecule has 0 aliphatic heterocycles. The number of alkyl halides is 3. The van der Waals surface area contributed by atoms with E-state index in [1.165, 1.54) is 0 Å². The maximum atomic E-state index is 13.7. The van der Waals surface area contributed by atoms with Gasteiger partial charge in [-0.1, -0.05) is 37.3 Å². The summed E-state index contributed by atoms with van der Waals surface area (Å²) in [5, 5.41) is 3.20. The zero-order valence-corrected chi connectivity index (χ0v) is 20.1. The van der Waals surface area contributed by atoms with Gasteiger partial charge in [0.05, 0.1) is 5.52 Å². The van der Waals surface area contributed by atoms with Gasteiger partial charge in [-0.25, -0.2) is 0 Å². The number of aromatic nitrogens is 1. The number of nitrogens with two attached hydrogens (primary N) is 1. The first-order chi connectivity index (χ1) is 17.2. The number of unbranched alkanes of at least 4 members (excludes halogenated alkanes) is 1. The van der Waals surface area contributed by atoms with Crippen LogP contribution in [0.2, 0.25) is 0 Å². The van der Waals surface area contributed by atoms with Crippen LogP contribution in [0.15, 0.2) is 60.3 Å². The summed E-state index contributed by atoms with van der Waals surface area (Å²) in [6.07, 6.45) is 4.11. The fraction of sp³-hybridized carbons (Fsp3) is 0.345. The van der Waals surface area contributed by atoms with E-state index >= 15 is 0 Å². The maximum absolute atomic E-state index is 13.7. The molecule has 7 heteroatoms. The molecule has 0 saturated heterocycles. The largest absolute Gasteiger partial charge is 0.405 e. The second-order valence-electron chi connectivity index (χ2n) is 9.71. The van der Waals surface area contributed by atoms with Crippen LogP contribution in [-0.2, 0) is 16.8 Å². The van der Waals surface area contributed by atoms with Crippen molar-refractivity contribution >= 4 is 28.1 Å². The van der Waals surface area contributed by atoms with Crippen molar-refractivity contribution in [1.29, 1.82) is 0 Å². The first-order valence-corrected chi connectivity index (χ1v) is 12.2. The summed E-state index contributed by atoms with van der Waals surface area (Å²) in [6, 6.07) is 17.5. The molecule has 2 unspecified atom stereocenters. The monoisotopic (exact) mass is 491 g/mol. The SMILES string of the molecule is CC1CC=CC2=C1C(CCCCn1ccc3c(N)cccc31)(C(=O)NCC(F)(F)F)c1c#cccc12. The molecule has 186 valence electrons. The molecule has 4 nitrogen and oxygen atoms in total. The van der Waals surface area contributed by atoms with Crippen LogP contribution in [0.5, 0.6) is 0 Å². The molecule has 0 radical (unpaired) electrons. The Hall–Kier alpha value is -3.66. The van der Waals surface area contributed by atoms with Crippen molar-refractivity contribution in [2.45, 2.75) is 50.7 Å². The highest BCUT2D eigenvalue weighted by molar-refractivity contribution is 6.02. The molecule has 1 aromatic heterocycles. The lowest BCUT2D eigenvalue weighted by molar-refractivity contribution is -0.141. The van der Waals surface area contributed by atoms with Gasteiger partial charge in [0, 0.05) is 29.4 Å². The molecular formula is C29H28F3N3O. The molecule has 0 fully saturated rings. The number of fused-ring (bicyclic) bond motifs is 3. The third-order valence-electron chi connectivity index (χ3n) is 7.42. The summed E-state index contributed by atoms with van der Waals surface area (Å²) in [4.78, 5) is 13.7. The van der Waals surface area contributed by atoms with E-state index in [1.54, 1.807) is 6.07 Å². The molecule has 2 aliphatic rings. The van der Waals surface area contributed by atoms with Crippen LogP contribution >= 0.6 is 0 Å². The lowest BCUT2D eigenvalue weighted by Crippen LogP contribution is -2.48. The Morgan fingerprint density at radius 2 is 2.08 bits per heavy atom. The summed E-state index contributed by atoms with van der Waals surface area (Å²) in [5.41, 5.74) is 9.98. The Kier molecular flexibility index (Phi) is 6.07. The number of aryl methyl sites for hydroxylation is 1. The minimum atomic E-state index is -4.49. The second kappa shape index (κ2) is 9.09. The van der Waals surface area contributed by atoms with Gasteiger partial charge in [-0.3, -0.25) is 4.79 Å². The van der Waals surface area contributed by atoms with Crippen molar-refractivity contribution in [3.05, 3.63) is 83.6 Å². The lowest BCUT2D eigenvalue weighted by Gasteiger charge is -2.35. The van der Waals surface area contributed by atoms with E-state index in [0.717, 1.165) is 46.1 Å².